The van der Waals surface area contributed by atoms with Crippen molar-refractivity contribution in [2.24, 2.45) is 0 Å². The van der Waals surface area contributed by atoms with Crippen LogP contribution in [0.5, 0.6) is 0 Å². The lowest BCUT2D eigenvalue weighted by atomic mass is 10.0. The van der Waals surface area contributed by atoms with E-state index >= 15 is 0 Å². The topological polar surface area (TPSA) is 76.1 Å². The third kappa shape index (κ3) is 44.9. The van der Waals surface area contributed by atoms with Crippen LogP contribution in [0.1, 0.15) is 240 Å². The highest BCUT2D eigenvalue weighted by molar-refractivity contribution is 5.69. The van der Waals surface area contributed by atoms with Crippen LogP contribution in [0.25, 0.3) is 0 Å². The molecular weight excluding hydrogens is 634 g/mol. The average molecular weight is 726 g/mol. The molecule has 51 heavy (non-hydrogen) atoms. The maximum atomic E-state index is 12.5. The molecule has 0 spiro atoms. The fourth-order valence-electron chi connectivity index (χ4n) is 6.64. The van der Waals surface area contributed by atoms with Crippen LogP contribution in [0, 0.1) is 0 Å². The minimum Gasteiger partial charge on any atom is -0.466 e. The van der Waals surface area contributed by atoms with Gasteiger partial charge in [-0.2, -0.15) is 0 Å². The number of carbonyl (C=O) groups is 2. The van der Waals surface area contributed by atoms with Crippen molar-refractivity contribution in [3.8, 4) is 0 Å². The number of rotatable bonds is 39. The molecule has 1 N–H and O–H groups in total. The fourth-order valence-corrected chi connectivity index (χ4v) is 6.64. The van der Waals surface area contributed by atoms with E-state index in [0.717, 1.165) is 51.7 Å². The van der Waals surface area contributed by atoms with E-state index in [0.29, 0.717) is 13.0 Å². The first-order valence-electron chi connectivity index (χ1n) is 22.6. The van der Waals surface area contributed by atoms with Crippen LogP contribution in [-0.2, 0) is 19.1 Å². The Hall–Kier alpha value is -1.14. The van der Waals surface area contributed by atoms with E-state index in [-0.39, 0.29) is 24.6 Å². The second kappa shape index (κ2) is 45.0. The molecule has 6 heteroatoms. The van der Waals surface area contributed by atoms with Gasteiger partial charge in [-0.1, -0.05) is 175 Å². The zero-order valence-electron chi connectivity index (χ0n) is 35.3. The van der Waals surface area contributed by atoms with Gasteiger partial charge in [-0.15, -0.1) is 0 Å². The first-order chi connectivity index (χ1) is 24.9. The molecule has 0 bridgehead atoms. The number of unbranched alkanes of at least 4 members (excludes halogenated alkanes) is 24. The molecule has 0 aromatic heterocycles. The van der Waals surface area contributed by atoms with Crippen LogP contribution in [-0.4, -0.2) is 60.9 Å². The first-order valence-corrected chi connectivity index (χ1v) is 22.6. The number of esters is 2. The average Bonchev–Trinajstić information content (AvgIpc) is 3.11. The summed E-state index contributed by atoms with van der Waals surface area (Å²) < 4.78 is 10.8. The van der Waals surface area contributed by atoms with E-state index in [4.69, 9.17) is 9.47 Å². The van der Waals surface area contributed by atoms with E-state index < -0.39 is 0 Å². The minimum absolute atomic E-state index is 0.0296. The van der Waals surface area contributed by atoms with E-state index in [2.05, 4.69) is 32.6 Å². The summed E-state index contributed by atoms with van der Waals surface area (Å²) in [5.74, 6) is -0.128. The molecule has 0 rings (SSSR count). The smallest absolute Gasteiger partial charge is 0.306 e. The quantitative estimate of drug-likeness (QED) is 0.0502. The third-order valence-corrected chi connectivity index (χ3v) is 9.96. The van der Waals surface area contributed by atoms with Crippen molar-refractivity contribution in [3.63, 3.8) is 0 Å². The predicted molar refractivity (Wildman–Crippen MR) is 220 cm³/mol. The Morgan fingerprint density at radius 3 is 1.31 bits per heavy atom. The number of hydrogen-bond donors (Lipinski definition) is 1. The molecule has 6 nitrogen and oxygen atoms in total. The summed E-state index contributed by atoms with van der Waals surface area (Å²) in [6.45, 7) is 14.3. The predicted octanol–water partition coefficient (Wildman–Crippen LogP) is 13.3. The molecule has 0 fully saturated rings. The molecule has 0 aromatic rings. The zero-order chi connectivity index (χ0) is 37.9. The lowest BCUT2D eigenvalue weighted by Crippen LogP contribution is -2.29. The molecular formula is C45H91NO5. The molecule has 0 amide bonds. The summed E-state index contributed by atoms with van der Waals surface area (Å²) in [6, 6.07) is 0. The van der Waals surface area contributed by atoms with Gasteiger partial charge in [0.1, 0.15) is 6.10 Å². The fraction of sp³-hybridized carbons (Fsp3) is 0.956. The van der Waals surface area contributed by atoms with Crippen LogP contribution < -0.4 is 0 Å². The molecule has 0 heterocycles. The lowest BCUT2D eigenvalue weighted by Gasteiger charge is -2.21. The summed E-state index contributed by atoms with van der Waals surface area (Å²) in [4.78, 5) is 25.4. The third-order valence-electron chi connectivity index (χ3n) is 9.96. The number of ether oxygens (including phenoxy) is 2. The molecule has 0 radical (unpaired) electrons. The Kier molecular flexibility index (Phi) is 45.9. The van der Waals surface area contributed by atoms with Gasteiger partial charge in [-0.25, -0.2) is 0 Å². The second-order valence-electron chi connectivity index (χ2n) is 15.2. The van der Waals surface area contributed by atoms with Gasteiger partial charge in [0.05, 0.1) is 13.2 Å². The number of aliphatic hydroxyl groups excluding tert-OH is 1. The highest BCUT2D eigenvalue weighted by Gasteiger charge is 2.14. The molecule has 0 unspecified atom stereocenters. The van der Waals surface area contributed by atoms with Crippen LogP contribution in [0.3, 0.4) is 0 Å². The molecule has 0 aliphatic rings. The normalized spacial score (nSPS) is 11.2. The Labute approximate surface area is 319 Å². The van der Waals surface area contributed by atoms with Crippen LogP contribution in [0.4, 0.5) is 0 Å². The van der Waals surface area contributed by atoms with Gasteiger partial charge in [-0.05, 0) is 64.5 Å². The summed E-state index contributed by atoms with van der Waals surface area (Å²) >= 11 is 0. The van der Waals surface area contributed by atoms with Gasteiger partial charge in [0.2, 0.25) is 0 Å². The molecule has 0 aromatic carbocycles. The summed E-state index contributed by atoms with van der Waals surface area (Å²) in [6.07, 6.45) is 39.5. The van der Waals surface area contributed by atoms with Gasteiger partial charge in [0.15, 0.2) is 0 Å². The van der Waals surface area contributed by atoms with E-state index in [1.807, 2.05) is 0 Å². The zero-order valence-corrected chi connectivity index (χ0v) is 35.3. The maximum absolute atomic E-state index is 12.5. The Balaban J connectivity index is 0. The summed E-state index contributed by atoms with van der Waals surface area (Å²) in [5, 5.41) is 9.28. The van der Waals surface area contributed by atoms with Crippen molar-refractivity contribution in [3.05, 3.63) is 0 Å². The van der Waals surface area contributed by atoms with Crippen molar-refractivity contribution >= 4 is 11.9 Å². The maximum Gasteiger partial charge on any atom is 0.306 e. The Morgan fingerprint density at radius 1 is 0.490 bits per heavy atom. The Bertz CT molecular complexity index is 672. The van der Waals surface area contributed by atoms with Gasteiger partial charge < -0.3 is 19.5 Å². The summed E-state index contributed by atoms with van der Waals surface area (Å²) in [5.41, 5.74) is 0. The number of hydrogen-bond acceptors (Lipinski definition) is 6. The summed E-state index contributed by atoms with van der Waals surface area (Å²) in [7, 11) is 0. The number of nitrogens with zero attached hydrogens (tertiary/aromatic N) is 1. The van der Waals surface area contributed by atoms with Crippen LogP contribution in [0.2, 0.25) is 0 Å². The Morgan fingerprint density at radius 2 is 0.863 bits per heavy atom. The first kappa shape index (κ1) is 52.0. The largest absolute Gasteiger partial charge is 0.466 e. The van der Waals surface area contributed by atoms with E-state index in [9.17, 15) is 14.7 Å². The molecule has 0 aliphatic carbocycles. The molecule has 306 valence electrons. The van der Waals surface area contributed by atoms with Crippen LogP contribution >= 0.6 is 0 Å². The van der Waals surface area contributed by atoms with E-state index in [1.54, 1.807) is 0 Å². The minimum atomic E-state index is -0.158. The monoisotopic (exact) mass is 726 g/mol. The van der Waals surface area contributed by atoms with Crippen molar-refractivity contribution < 1.29 is 24.2 Å². The van der Waals surface area contributed by atoms with Crippen molar-refractivity contribution in [1.29, 1.82) is 0 Å². The highest BCUT2D eigenvalue weighted by Crippen LogP contribution is 2.18. The van der Waals surface area contributed by atoms with E-state index in [1.165, 1.54) is 174 Å². The molecule has 0 saturated carbocycles. The molecule has 0 aliphatic heterocycles. The number of carbonyl (C=O) groups excluding carboxylic acids is 2. The van der Waals surface area contributed by atoms with Gasteiger partial charge in [0.25, 0.3) is 0 Å². The van der Waals surface area contributed by atoms with Crippen LogP contribution in [0.15, 0.2) is 0 Å². The van der Waals surface area contributed by atoms with Gasteiger partial charge >= 0.3 is 11.9 Å². The van der Waals surface area contributed by atoms with Gasteiger partial charge in [0, 0.05) is 19.9 Å². The molecule has 0 saturated heterocycles. The molecule has 0 atom stereocenters. The second-order valence-corrected chi connectivity index (χ2v) is 15.2. The highest BCUT2D eigenvalue weighted by atomic mass is 16.5. The van der Waals surface area contributed by atoms with Crippen molar-refractivity contribution in [2.45, 2.75) is 246 Å². The lowest BCUT2D eigenvalue weighted by molar-refractivity contribution is -0.150. The number of aliphatic hydroxyl groups is 1. The van der Waals surface area contributed by atoms with Crippen molar-refractivity contribution in [1.82, 2.24) is 4.90 Å². The van der Waals surface area contributed by atoms with Gasteiger partial charge in [-0.3, -0.25) is 9.59 Å². The van der Waals surface area contributed by atoms with Crippen molar-refractivity contribution in [2.75, 3.05) is 32.8 Å². The standard InChI is InChI=1S/C32H65NO3.C13H26O2/c1-4-7-10-12-15-19-24-31(25-20-16-13-11-8-5-2)36-32(35)26-21-17-14-18-23-28-33(29-30-34)27-22-9-6-3;1-3-4-5-6-7-8-9-10-11-12-15-13(2)14/h31,34H,4-30H2,1-3H3;3-12H2,1-2H3. The SMILES string of the molecule is CCCCCCCCC(CCCCCCCC)OC(=O)CCCCCCCN(CCO)CCCCC.CCCCCCCCCCCOC(C)=O.